The van der Waals surface area contributed by atoms with Gasteiger partial charge >= 0.3 is 336 Å². The standard InChI is InChI=1S/C62H102N2O2S2.6CH3.2Sn/c1-5-9-13-17-21-25-27-31-35-39-45-53(43-37-33-29-23-19-15-11-7-3)51-63-59(55-47-41-49-67-55)57-58(61(63)65)60(56-48-42-50-68-56)64(62(57)66)52-54(44-38-34-30-24-20-16-12-8-4)46-40-36-32-28-26-22-18-14-10-6-2;;;;;;;;/h41-42,47-48,53-54H,5-40,43-46,51-52H2,1-4H3;6*1H3;;. The van der Waals surface area contributed by atoms with Crippen molar-refractivity contribution in [2.45, 2.75) is 314 Å². The van der Waals surface area contributed by atoms with E-state index in [4.69, 9.17) is 0 Å². The number of unbranched alkanes of at least 4 members (excludes halogenated alkanes) is 32. The Hall–Kier alpha value is -0.583. The Morgan fingerprint density at radius 1 is 0.342 bits per heavy atom. The van der Waals surface area contributed by atoms with Crippen molar-refractivity contribution >= 4 is 88.4 Å². The summed E-state index contributed by atoms with van der Waals surface area (Å²) in [4.78, 5) is 53.6. The summed E-state index contributed by atoms with van der Waals surface area (Å²) in [6.07, 6.45) is 52.8. The van der Waals surface area contributed by atoms with Crippen molar-refractivity contribution in [3.63, 3.8) is 0 Å². The van der Waals surface area contributed by atoms with Gasteiger partial charge in [0.05, 0.1) is 0 Å². The molecule has 0 bridgehead atoms. The van der Waals surface area contributed by atoms with Crippen LogP contribution in [0.25, 0.3) is 11.4 Å². The van der Waals surface area contributed by atoms with Crippen LogP contribution >= 0.6 is 22.7 Å². The van der Waals surface area contributed by atoms with Gasteiger partial charge in [0.2, 0.25) is 0 Å². The molecule has 76 heavy (non-hydrogen) atoms. The summed E-state index contributed by atoms with van der Waals surface area (Å²) >= 11 is -1.13. The molecule has 4 nitrogen and oxygen atoms in total. The average molecular weight is 1300 g/mol. The monoisotopic (exact) mass is 1300 g/mol. The van der Waals surface area contributed by atoms with Crippen LogP contribution in [0, 0.1) is 11.8 Å². The van der Waals surface area contributed by atoms with E-state index in [0.717, 1.165) is 45.4 Å². The van der Waals surface area contributed by atoms with Crippen molar-refractivity contribution in [3.05, 3.63) is 45.2 Å². The zero-order chi connectivity index (χ0) is 55.0. The van der Waals surface area contributed by atoms with E-state index in [1.807, 2.05) is 22.7 Å². The third-order valence-electron chi connectivity index (χ3n) is 17.1. The van der Waals surface area contributed by atoms with Gasteiger partial charge in [-0.15, -0.1) is 0 Å². The van der Waals surface area contributed by atoms with Crippen LogP contribution in [0.2, 0.25) is 29.6 Å². The van der Waals surface area contributed by atoms with Gasteiger partial charge in [-0.25, -0.2) is 0 Å². The third-order valence-corrected chi connectivity index (χ3v) is 38.2. The van der Waals surface area contributed by atoms with Crippen LogP contribution in [0.4, 0.5) is 0 Å². The molecule has 0 saturated heterocycles. The molecule has 4 rings (SSSR count). The van der Waals surface area contributed by atoms with E-state index in [0.29, 0.717) is 11.8 Å². The van der Waals surface area contributed by atoms with Gasteiger partial charge in [-0.2, -0.15) is 0 Å². The van der Waals surface area contributed by atoms with Crippen LogP contribution in [0.15, 0.2) is 35.4 Å². The summed E-state index contributed by atoms with van der Waals surface area (Å²) in [5.74, 6) is 1.09. The van der Waals surface area contributed by atoms with Gasteiger partial charge in [0.25, 0.3) is 0 Å². The normalized spacial score (nSPS) is 15.1. The first kappa shape index (κ1) is 67.9. The molecule has 8 heteroatoms. The van der Waals surface area contributed by atoms with E-state index < -0.39 is 36.8 Å². The van der Waals surface area contributed by atoms with Crippen molar-refractivity contribution in [1.29, 1.82) is 0 Å². The number of hydrogen-bond acceptors (Lipinski definition) is 4. The zero-order valence-electron chi connectivity index (χ0n) is 51.7. The molecule has 2 unspecified atom stereocenters. The fourth-order valence-electron chi connectivity index (χ4n) is 12.1. The van der Waals surface area contributed by atoms with Gasteiger partial charge < -0.3 is 0 Å². The Morgan fingerprint density at radius 2 is 0.566 bits per heavy atom. The van der Waals surface area contributed by atoms with Crippen molar-refractivity contribution in [2.75, 3.05) is 13.1 Å². The van der Waals surface area contributed by atoms with Crippen LogP contribution < -0.4 is 5.79 Å². The Balaban J connectivity index is 1.69. The third kappa shape index (κ3) is 24.5. The average Bonchev–Trinajstić information content (AvgIpc) is 4.23. The zero-order valence-corrected chi connectivity index (χ0v) is 59.0. The molecule has 0 saturated carbocycles. The van der Waals surface area contributed by atoms with E-state index in [-0.39, 0.29) is 11.8 Å². The molecule has 0 radical (unpaired) electrons. The first-order chi connectivity index (χ1) is 36.8. The van der Waals surface area contributed by atoms with Crippen LogP contribution in [0.5, 0.6) is 0 Å². The predicted molar refractivity (Wildman–Crippen MR) is 346 cm³/mol. The van der Waals surface area contributed by atoms with Crippen LogP contribution in [-0.2, 0) is 9.59 Å². The van der Waals surface area contributed by atoms with Crippen LogP contribution in [0.1, 0.15) is 294 Å². The molecule has 2 atom stereocenters. The van der Waals surface area contributed by atoms with Gasteiger partial charge in [0.15, 0.2) is 0 Å². The number of carbonyl (C=O) groups is 2. The number of rotatable bonds is 48. The van der Waals surface area contributed by atoms with Crippen LogP contribution in [0.3, 0.4) is 0 Å². The van der Waals surface area contributed by atoms with Crippen molar-refractivity contribution in [3.8, 4) is 0 Å². The second kappa shape index (κ2) is 39.0. The number of nitrogens with zero attached hydrogens (tertiary/aromatic N) is 2. The molecule has 0 spiro atoms. The Bertz CT molecular complexity index is 1810. The summed E-state index contributed by atoms with van der Waals surface area (Å²) in [6, 6.07) is 9.38. The Morgan fingerprint density at radius 3 is 0.776 bits per heavy atom. The van der Waals surface area contributed by atoms with Gasteiger partial charge in [-0.3, -0.25) is 0 Å². The minimum absolute atomic E-state index is 0.109. The molecule has 2 aliphatic heterocycles. The second-order valence-electron chi connectivity index (χ2n) is 26.3. The van der Waals surface area contributed by atoms with Crippen molar-refractivity contribution in [1.82, 2.24) is 9.80 Å². The molecule has 2 aromatic heterocycles. The molecule has 434 valence electrons. The molecule has 4 heterocycles. The van der Waals surface area contributed by atoms with Gasteiger partial charge in [-0.1, -0.05) is 156 Å². The van der Waals surface area contributed by atoms with Crippen molar-refractivity contribution < 1.29 is 9.59 Å². The summed E-state index contributed by atoms with van der Waals surface area (Å²) in [7, 11) is 0. The molecule has 0 aliphatic carbocycles. The summed E-state index contributed by atoms with van der Waals surface area (Å²) in [6.45, 7) is 10.7. The Kier molecular flexibility index (Phi) is 34.9. The minimum atomic E-state index is -2.48. The molecule has 0 aromatic carbocycles. The maximum atomic E-state index is 15.9. The van der Waals surface area contributed by atoms with Crippen LogP contribution in [-0.4, -0.2) is 71.5 Å². The van der Waals surface area contributed by atoms with E-state index in [1.54, 1.807) is 0 Å². The van der Waals surface area contributed by atoms with Gasteiger partial charge in [0.1, 0.15) is 0 Å². The van der Waals surface area contributed by atoms with E-state index in [1.165, 1.54) is 263 Å². The number of hydrogen-bond donors (Lipinski definition) is 0. The van der Waals surface area contributed by atoms with E-state index >= 15 is 9.59 Å². The second-order valence-corrected chi connectivity index (χ2v) is 59.3. The number of fused-ring (bicyclic) bond motifs is 1. The van der Waals surface area contributed by atoms with E-state index in [2.05, 4.69) is 91.4 Å². The number of carbonyl (C=O) groups excluding carboxylic acids is 2. The number of thiophene rings is 2. The fourth-order valence-corrected chi connectivity index (χ4v) is 24.8. The molecule has 0 N–H and O–H groups in total. The molecule has 2 amide bonds. The number of amides is 2. The van der Waals surface area contributed by atoms with Crippen molar-refractivity contribution in [2.24, 2.45) is 11.8 Å². The maximum absolute atomic E-state index is 15.9. The van der Waals surface area contributed by atoms with E-state index in [9.17, 15) is 0 Å². The molecular weight excluding hydrogens is 1180 g/mol. The quantitative estimate of drug-likeness (QED) is 0.0489. The fraction of sp³-hybridized carbons (Fsp3) is 0.794. The molecule has 2 aliphatic rings. The molecule has 2 aromatic rings. The SMILES string of the molecule is CCCCCCCCCCCCC(CCCCCCCCCC)CN1C(=O)C2=C(c3cc[c]([Sn]([CH3])([CH3])[CH3])s3)N(CC(CCCCCCCCCC)CCCCCCCCCCCC)C(=O)C2=C1c1cc[c]([Sn]([CH3])([CH3])[CH3])s1. The predicted octanol–water partition coefficient (Wildman–Crippen LogP) is 21.6. The summed E-state index contributed by atoms with van der Waals surface area (Å²) in [5, 5.41) is 0. The molecular formula is C68H120N2O2S2Sn2. The molecule has 0 fully saturated rings. The topological polar surface area (TPSA) is 40.6 Å². The first-order valence-corrected chi connectivity index (χ1v) is 54.7. The first-order valence-electron chi connectivity index (χ1n) is 33.1. The van der Waals surface area contributed by atoms with Gasteiger partial charge in [-0.05, 0) is 0 Å². The Labute approximate surface area is 487 Å². The summed E-state index contributed by atoms with van der Waals surface area (Å²) < 4.78 is 3.04. The van der Waals surface area contributed by atoms with Gasteiger partial charge in [0, 0.05) is 0 Å². The summed E-state index contributed by atoms with van der Waals surface area (Å²) in [5.41, 5.74) is 3.39.